The Morgan fingerprint density at radius 2 is 2.56 bits per heavy atom. The van der Waals surface area contributed by atoms with Gasteiger partial charge in [-0.25, -0.2) is 0 Å². The lowest BCUT2D eigenvalue weighted by atomic mass is 9.98. The van der Waals surface area contributed by atoms with Crippen molar-refractivity contribution in [2.75, 3.05) is 26.8 Å². The number of hydrogen-bond acceptors (Lipinski definition) is 4. The number of ether oxygens (including phenoxy) is 1. The van der Waals surface area contributed by atoms with Crippen LogP contribution in [-0.4, -0.2) is 48.0 Å². The summed E-state index contributed by atoms with van der Waals surface area (Å²) in [5.41, 5.74) is 0.468. The van der Waals surface area contributed by atoms with Crippen LogP contribution in [0.25, 0.3) is 0 Å². The molecule has 1 saturated heterocycles. The fraction of sp³-hybridized carbons (Fsp3) is 0.667. The van der Waals surface area contributed by atoms with Crippen molar-refractivity contribution < 1.29 is 9.53 Å². The molecule has 18 heavy (non-hydrogen) atoms. The van der Waals surface area contributed by atoms with Crippen molar-refractivity contribution in [1.29, 1.82) is 0 Å². The topological polar surface area (TPSA) is 68.2 Å². The first-order chi connectivity index (χ1) is 8.65. The summed E-state index contributed by atoms with van der Waals surface area (Å²) in [6.07, 6.45) is 5.42. The van der Waals surface area contributed by atoms with Crippen LogP contribution in [0.1, 0.15) is 23.2 Å². The van der Waals surface area contributed by atoms with Gasteiger partial charge in [0.05, 0.1) is 23.9 Å². The Morgan fingerprint density at radius 1 is 1.72 bits per heavy atom. The maximum absolute atomic E-state index is 11.9. The molecule has 100 valence electrons. The molecule has 0 radical (unpaired) electrons. The smallest absolute Gasteiger partial charge is 0.254 e. The summed E-state index contributed by atoms with van der Waals surface area (Å²) in [6.45, 7) is 2.17. The number of nitrogens with zero attached hydrogens (tertiary/aromatic N) is 2. The summed E-state index contributed by atoms with van der Waals surface area (Å²) in [5, 5.41) is 10.4. The third kappa shape index (κ3) is 2.88. The third-order valence-electron chi connectivity index (χ3n) is 3.31. The Labute approximate surface area is 107 Å². The third-order valence-corrected chi connectivity index (χ3v) is 3.31. The fourth-order valence-electron chi connectivity index (χ4n) is 2.36. The van der Waals surface area contributed by atoms with Crippen molar-refractivity contribution in [2.45, 2.75) is 18.4 Å². The zero-order valence-electron chi connectivity index (χ0n) is 10.9. The highest BCUT2D eigenvalue weighted by molar-refractivity contribution is 5.93. The highest BCUT2D eigenvalue weighted by Gasteiger charge is 2.33. The molecule has 1 aliphatic rings. The molecule has 1 amide bonds. The first-order valence-electron chi connectivity index (χ1n) is 6.16. The van der Waals surface area contributed by atoms with E-state index in [4.69, 9.17) is 4.74 Å². The standard InChI is InChI=1S/C12H20N4O2/c1-16-7-10(6-15-16)11(17)13-8-12(9-18-2)4-3-5-14-12/h6-7,14H,3-5,8-9H2,1-2H3,(H,13,17). The number of aromatic nitrogens is 2. The molecule has 1 unspecified atom stereocenters. The van der Waals surface area contributed by atoms with Gasteiger partial charge in [-0.1, -0.05) is 0 Å². The summed E-state index contributed by atoms with van der Waals surface area (Å²) in [4.78, 5) is 11.9. The van der Waals surface area contributed by atoms with E-state index in [2.05, 4.69) is 15.7 Å². The zero-order valence-corrected chi connectivity index (χ0v) is 10.9. The molecule has 0 aliphatic carbocycles. The van der Waals surface area contributed by atoms with Gasteiger partial charge in [-0.05, 0) is 19.4 Å². The summed E-state index contributed by atoms with van der Waals surface area (Å²) in [5.74, 6) is -0.0905. The first kappa shape index (κ1) is 13.0. The van der Waals surface area contributed by atoms with Gasteiger partial charge in [0.2, 0.25) is 0 Å². The van der Waals surface area contributed by atoms with E-state index in [0.717, 1.165) is 19.4 Å². The molecule has 0 bridgehead atoms. The van der Waals surface area contributed by atoms with E-state index >= 15 is 0 Å². The largest absolute Gasteiger partial charge is 0.383 e. The number of hydrogen-bond donors (Lipinski definition) is 2. The second-order valence-corrected chi connectivity index (χ2v) is 4.83. The van der Waals surface area contributed by atoms with Gasteiger partial charge in [0.15, 0.2) is 0 Å². The number of rotatable bonds is 5. The molecular formula is C12H20N4O2. The molecule has 1 aliphatic heterocycles. The molecule has 0 spiro atoms. The molecule has 6 heteroatoms. The Morgan fingerprint density at radius 3 is 3.11 bits per heavy atom. The molecule has 1 atom stereocenters. The van der Waals surface area contributed by atoms with Crippen molar-refractivity contribution in [2.24, 2.45) is 7.05 Å². The number of methoxy groups -OCH3 is 1. The first-order valence-corrected chi connectivity index (χ1v) is 6.16. The van der Waals surface area contributed by atoms with E-state index < -0.39 is 0 Å². The highest BCUT2D eigenvalue weighted by atomic mass is 16.5. The van der Waals surface area contributed by atoms with Crippen molar-refractivity contribution >= 4 is 5.91 Å². The monoisotopic (exact) mass is 252 g/mol. The average molecular weight is 252 g/mol. The molecule has 1 aromatic heterocycles. The van der Waals surface area contributed by atoms with Crippen LogP contribution in [0.2, 0.25) is 0 Å². The van der Waals surface area contributed by atoms with Crippen molar-refractivity contribution in [3.63, 3.8) is 0 Å². The van der Waals surface area contributed by atoms with E-state index in [1.54, 1.807) is 31.2 Å². The molecule has 0 aromatic carbocycles. The molecule has 6 nitrogen and oxygen atoms in total. The zero-order chi connectivity index (χ0) is 13.0. The van der Waals surface area contributed by atoms with Crippen LogP contribution in [0.3, 0.4) is 0 Å². The van der Waals surface area contributed by atoms with Gasteiger partial charge >= 0.3 is 0 Å². The number of aryl methyl sites for hydroxylation is 1. The van der Waals surface area contributed by atoms with Crippen LogP contribution < -0.4 is 10.6 Å². The van der Waals surface area contributed by atoms with E-state index in [0.29, 0.717) is 18.7 Å². The minimum Gasteiger partial charge on any atom is -0.383 e. The van der Waals surface area contributed by atoms with Gasteiger partial charge in [0, 0.05) is 26.9 Å². The summed E-state index contributed by atoms with van der Waals surface area (Å²) in [7, 11) is 3.48. The quantitative estimate of drug-likeness (QED) is 0.769. The van der Waals surface area contributed by atoms with Crippen LogP contribution in [0.4, 0.5) is 0 Å². The number of carbonyl (C=O) groups is 1. The molecule has 2 N–H and O–H groups in total. The molecule has 2 rings (SSSR count). The van der Waals surface area contributed by atoms with Gasteiger partial charge in [-0.3, -0.25) is 9.48 Å². The average Bonchev–Trinajstić information content (AvgIpc) is 2.97. The molecule has 0 saturated carbocycles. The summed E-state index contributed by atoms with van der Waals surface area (Å²) in [6, 6.07) is 0. The van der Waals surface area contributed by atoms with Gasteiger partial charge in [0.25, 0.3) is 5.91 Å². The maximum atomic E-state index is 11.9. The lowest BCUT2D eigenvalue weighted by molar-refractivity contribution is 0.0892. The van der Waals surface area contributed by atoms with Crippen LogP contribution in [0.15, 0.2) is 12.4 Å². The van der Waals surface area contributed by atoms with Gasteiger partial charge in [-0.15, -0.1) is 0 Å². The minimum atomic E-state index is -0.118. The van der Waals surface area contributed by atoms with E-state index in [1.807, 2.05) is 0 Å². The van der Waals surface area contributed by atoms with Gasteiger partial charge in [-0.2, -0.15) is 5.10 Å². The predicted octanol–water partition coefficient (Wildman–Crippen LogP) is -0.0815. The van der Waals surface area contributed by atoms with E-state index in [1.165, 1.54) is 0 Å². The minimum absolute atomic E-state index is 0.0905. The molecule has 2 heterocycles. The van der Waals surface area contributed by atoms with Crippen LogP contribution in [-0.2, 0) is 11.8 Å². The second kappa shape index (κ2) is 5.49. The maximum Gasteiger partial charge on any atom is 0.254 e. The predicted molar refractivity (Wildman–Crippen MR) is 67.4 cm³/mol. The Kier molecular flexibility index (Phi) is 3.98. The fourth-order valence-corrected chi connectivity index (χ4v) is 2.36. The highest BCUT2D eigenvalue weighted by Crippen LogP contribution is 2.18. The van der Waals surface area contributed by atoms with E-state index in [-0.39, 0.29) is 11.4 Å². The normalized spacial score (nSPS) is 23.2. The molecule has 1 aromatic rings. The summed E-state index contributed by atoms with van der Waals surface area (Å²) >= 11 is 0. The number of carbonyl (C=O) groups excluding carboxylic acids is 1. The Balaban J connectivity index is 1.91. The second-order valence-electron chi connectivity index (χ2n) is 4.83. The number of amides is 1. The molecular weight excluding hydrogens is 232 g/mol. The van der Waals surface area contributed by atoms with Crippen molar-refractivity contribution in [1.82, 2.24) is 20.4 Å². The molecule has 1 fully saturated rings. The Bertz CT molecular complexity index is 410. The summed E-state index contributed by atoms with van der Waals surface area (Å²) < 4.78 is 6.86. The van der Waals surface area contributed by atoms with Crippen LogP contribution in [0.5, 0.6) is 0 Å². The van der Waals surface area contributed by atoms with Crippen LogP contribution >= 0.6 is 0 Å². The lowest BCUT2D eigenvalue weighted by Gasteiger charge is -2.28. The van der Waals surface area contributed by atoms with Crippen molar-refractivity contribution in [3.8, 4) is 0 Å². The van der Waals surface area contributed by atoms with Crippen molar-refractivity contribution in [3.05, 3.63) is 18.0 Å². The van der Waals surface area contributed by atoms with Crippen LogP contribution in [0, 0.1) is 0 Å². The van der Waals surface area contributed by atoms with E-state index in [9.17, 15) is 4.79 Å². The lowest BCUT2D eigenvalue weighted by Crippen LogP contribution is -2.52. The Hall–Kier alpha value is -1.40. The SMILES string of the molecule is COCC1(CNC(=O)c2cnn(C)c2)CCCN1. The number of nitrogens with one attached hydrogen (secondary N) is 2. The van der Waals surface area contributed by atoms with Gasteiger partial charge in [0.1, 0.15) is 0 Å². The van der Waals surface area contributed by atoms with Gasteiger partial charge < -0.3 is 15.4 Å².